The maximum atomic E-state index is 10.8. The summed E-state index contributed by atoms with van der Waals surface area (Å²) in [6, 6.07) is 0. The van der Waals surface area contributed by atoms with Crippen molar-refractivity contribution in [3.63, 3.8) is 0 Å². The molecule has 0 bridgehead atoms. The molecule has 0 aliphatic rings. The molecule has 9 heteroatoms. The second kappa shape index (κ2) is 5.95. The van der Waals surface area contributed by atoms with Gasteiger partial charge in [-0.05, 0) is 22.9 Å². The van der Waals surface area contributed by atoms with Gasteiger partial charge in [-0.3, -0.25) is 14.8 Å². The highest BCUT2D eigenvalue weighted by Crippen LogP contribution is 2.30. The summed E-state index contributed by atoms with van der Waals surface area (Å²) < 4.78 is 2.24. The number of halogens is 1. The molecule has 2 rings (SSSR count). The second-order valence-corrected chi connectivity index (χ2v) is 4.99. The van der Waals surface area contributed by atoms with Crippen LogP contribution in [0.25, 0.3) is 0 Å². The summed E-state index contributed by atoms with van der Waals surface area (Å²) in [6.45, 7) is 2.27. The fourth-order valence-electron chi connectivity index (χ4n) is 1.67. The SMILES string of the molecule is Cc1c([N+](=O)[O-])cnc(NCCc2ncn(C)n2)c1Br. The molecule has 0 aliphatic carbocycles. The summed E-state index contributed by atoms with van der Waals surface area (Å²) in [5, 5.41) is 18.1. The van der Waals surface area contributed by atoms with Crippen molar-refractivity contribution in [2.75, 3.05) is 11.9 Å². The van der Waals surface area contributed by atoms with Crippen molar-refractivity contribution in [1.82, 2.24) is 19.7 Å². The fourth-order valence-corrected chi connectivity index (χ4v) is 2.11. The molecular weight excluding hydrogens is 328 g/mol. The van der Waals surface area contributed by atoms with Crippen LogP contribution < -0.4 is 5.32 Å². The number of hydrogen-bond donors (Lipinski definition) is 1. The lowest BCUT2D eigenvalue weighted by Gasteiger charge is -2.08. The number of nitrogens with zero attached hydrogens (tertiary/aromatic N) is 5. The molecule has 2 heterocycles. The lowest BCUT2D eigenvalue weighted by molar-refractivity contribution is -0.385. The number of anilines is 1. The molecule has 0 radical (unpaired) electrons. The largest absolute Gasteiger partial charge is 0.369 e. The van der Waals surface area contributed by atoms with Crippen molar-refractivity contribution < 1.29 is 4.92 Å². The Hall–Kier alpha value is -2.03. The molecule has 106 valence electrons. The van der Waals surface area contributed by atoms with Crippen molar-refractivity contribution in [1.29, 1.82) is 0 Å². The van der Waals surface area contributed by atoms with E-state index >= 15 is 0 Å². The Bertz CT molecular complexity index is 642. The van der Waals surface area contributed by atoms with Gasteiger partial charge < -0.3 is 5.32 Å². The van der Waals surface area contributed by atoms with E-state index in [1.807, 2.05) is 7.05 Å². The number of aromatic nitrogens is 4. The number of aryl methyl sites for hydroxylation is 1. The molecule has 0 aliphatic heterocycles. The molecule has 8 nitrogen and oxygen atoms in total. The van der Waals surface area contributed by atoms with E-state index in [0.29, 0.717) is 28.8 Å². The van der Waals surface area contributed by atoms with Crippen molar-refractivity contribution in [3.8, 4) is 0 Å². The Balaban J connectivity index is 2.03. The van der Waals surface area contributed by atoms with E-state index in [4.69, 9.17) is 0 Å². The van der Waals surface area contributed by atoms with E-state index in [1.165, 1.54) is 6.20 Å². The maximum Gasteiger partial charge on any atom is 0.291 e. The van der Waals surface area contributed by atoms with Crippen LogP contribution in [0.15, 0.2) is 17.0 Å². The lowest BCUT2D eigenvalue weighted by atomic mass is 10.2. The van der Waals surface area contributed by atoms with Gasteiger partial charge >= 0.3 is 0 Å². The van der Waals surface area contributed by atoms with Crippen LogP contribution in [0.4, 0.5) is 11.5 Å². The van der Waals surface area contributed by atoms with Crippen LogP contribution in [0.1, 0.15) is 11.4 Å². The predicted octanol–water partition coefficient (Wildman–Crippen LogP) is 1.84. The Morgan fingerprint density at radius 3 is 2.85 bits per heavy atom. The predicted molar refractivity (Wildman–Crippen MR) is 76.5 cm³/mol. The van der Waals surface area contributed by atoms with Gasteiger partial charge in [0.1, 0.15) is 18.3 Å². The van der Waals surface area contributed by atoms with Gasteiger partial charge in [-0.1, -0.05) is 0 Å². The quantitative estimate of drug-likeness (QED) is 0.658. The molecule has 0 aromatic carbocycles. The number of pyridine rings is 1. The van der Waals surface area contributed by atoms with Gasteiger partial charge in [-0.15, -0.1) is 0 Å². The van der Waals surface area contributed by atoms with Crippen LogP contribution in [0, 0.1) is 17.0 Å². The molecule has 0 atom stereocenters. The van der Waals surface area contributed by atoms with E-state index in [0.717, 1.165) is 5.82 Å². The molecule has 0 amide bonds. The molecule has 1 N–H and O–H groups in total. The van der Waals surface area contributed by atoms with Crippen LogP contribution in [-0.2, 0) is 13.5 Å². The van der Waals surface area contributed by atoms with Crippen LogP contribution in [0.5, 0.6) is 0 Å². The molecule has 0 saturated heterocycles. The summed E-state index contributed by atoms with van der Waals surface area (Å²) in [7, 11) is 1.81. The summed E-state index contributed by atoms with van der Waals surface area (Å²) in [6.07, 6.45) is 3.53. The highest BCUT2D eigenvalue weighted by atomic mass is 79.9. The standard InChI is InChI=1S/C11H13BrN6O2/c1-7-8(18(19)20)5-14-11(10(7)12)13-4-3-9-15-6-17(2)16-9/h5-6H,3-4H2,1-2H3,(H,13,14). The van der Waals surface area contributed by atoms with Crippen LogP contribution in [-0.4, -0.2) is 31.2 Å². The third-order valence-electron chi connectivity index (χ3n) is 2.72. The maximum absolute atomic E-state index is 10.8. The Morgan fingerprint density at radius 2 is 2.25 bits per heavy atom. The van der Waals surface area contributed by atoms with Gasteiger partial charge in [-0.2, -0.15) is 5.10 Å². The van der Waals surface area contributed by atoms with Gasteiger partial charge in [0.15, 0.2) is 5.82 Å². The van der Waals surface area contributed by atoms with E-state index in [9.17, 15) is 10.1 Å². The molecular formula is C11H13BrN6O2. The van der Waals surface area contributed by atoms with Gasteiger partial charge in [0, 0.05) is 25.6 Å². The summed E-state index contributed by atoms with van der Waals surface area (Å²) in [5.74, 6) is 1.30. The van der Waals surface area contributed by atoms with Crippen molar-refractivity contribution in [3.05, 3.63) is 38.5 Å². The highest BCUT2D eigenvalue weighted by molar-refractivity contribution is 9.10. The monoisotopic (exact) mass is 340 g/mol. The second-order valence-electron chi connectivity index (χ2n) is 4.20. The number of rotatable bonds is 5. The lowest BCUT2D eigenvalue weighted by Crippen LogP contribution is -2.09. The van der Waals surface area contributed by atoms with E-state index in [1.54, 1.807) is 17.9 Å². The first-order valence-corrected chi connectivity index (χ1v) is 6.66. The normalized spacial score (nSPS) is 10.6. The van der Waals surface area contributed by atoms with Gasteiger partial charge in [0.05, 0.1) is 9.40 Å². The third-order valence-corrected chi connectivity index (χ3v) is 3.69. The number of hydrogen-bond acceptors (Lipinski definition) is 6. The molecule has 20 heavy (non-hydrogen) atoms. The average Bonchev–Trinajstić information content (AvgIpc) is 2.80. The molecule has 0 saturated carbocycles. The smallest absolute Gasteiger partial charge is 0.291 e. The third kappa shape index (κ3) is 3.10. The molecule has 2 aromatic rings. The van der Waals surface area contributed by atoms with E-state index in [-0.39, 0.29) is 5.69 Å². The van der Waals surface area contributed by atoms with Crippen LogP contribution in [0.2, 0.25) is 0 Å². The van der Waals surface area contributed by atoms with E-state index < -0.39 is 4.92 Å². The Morgan fingerprint density at radius 1 is 1.50 bits per heavy atom. The van der Waals surface area contributed by atoms with Gasteiger partial charge in [0.2, 0.25) is 0 Å². The molecule has 0 fully saturated rings. The first-order chi connectivity index (χ1) is 9.49. The first kappa shape index (κ1) is 14.4. The van der Waals surface area contributed by atoms with Crippen molar-refractivity contribution in [2.45, 2.75) is 13.3 Å². The highest BCUT2D eigenvalue weighted by Gasteiger charge is 2.16. The van der Waals surface area contributed by atoms with Crippen LogP contribution in [0.3, 0.4) is 0 Å². The Kier molecular flexibility index (Phi) is 4.28. The van der Waals surface area contributed by atoms with Crippen molar-refractivity contribution in [2.24, 2.45) is 7.05 Å². The topological polar surface area (TPSA) is 98.8 Å². The van der Waals surface area contributed by atoms with Crippen molar-refractivity contribution >= 4 is 27.4 Å². The van der Waals surface area contributed by atoms with E-state index in [2.05, 4.69) is 36.3 Å². The first-order valence-electron chi connectivity index (χ1n) is 5.87. The average molecular weight is 341 g/mol. The zero-order valence-electron chi connectivity index (χ0n) is 11.0. The van der Waals surface area contributed by atoms with Crippen LogP contribution >= 0.6 is 15.9 Å². The zero-order valence-corrected chi connectivity index (χ0v) is 12.6. The summed E-state index contributed by atoms with van der Waals surface area (Å²) >= 11 is 3.33. The minimum atomic E-state index is -0.450. The fraction of sp³-hybridized carbons (Fsp3) is 0.364. The summed E-state index contributed by atoms with van der Waals surface area (Å²) in [5.41, 5.74) is 0.539. The minimum Gasteiger partial charge on any atom is -0.369 e. The molecule has 0 unspecified atom stereocenters. The number of nitro groups is 1. The molecule has 0 spiro atoms. The van der Waals surface area contributed by atoms with Gasteiger partial charge in [-0.25, -0.2) is 9.97 Å². The zero-order chi connectivity index (χ0) is 14.7. The minimum absolute atomic E-state index is 0.00572. The summed E-state index contributed by atoms with van der Waals surface area (Å²) in [4.78, 5) is 18.5. The Labute approximate surface area is 123 Å². The molecule has 2 aromatic heterocycles. The number of nitrogens with one attached hydrogen (secondary N) is 1. The van der Waals surface area contributed by atoms with Gasteiger partial charge in [0.25, 0.3) is 5.69 Å².